The van der Waals surface area contributed by atoms with Crippen LogP contribution in [0.15, 0.2) is 48.5 Å². The number of hydrogen-bond acceptors (Lipinski definition) is 2. The van der Waals surface area contributed by atoms with Gasteiger partial charge in [0.25, 0.3) is 0 Å². The monoisotopic (exact) mass is 337 g/mol. The Labute approximate surface area is 136 Å². The highest BCUT2D eigenvalue weighted by Crippen LogP contribution is 2.46. The van der Waals surface area contributed by atoms with Crippen molar-refractivity contribution >= 4 is 23.4 Å². The molecule has 0 bridgehead atoms. The third-order valence-electron chi connectivity index (χ3n) is 3.68. The van der Waals surface area contributed by atoms with E-state index >= 15 is 0 Å². The number of anilines is 1. The molecule has 1 amide bonds. The van der Waals surface area contributed by atoms with E-state index in [0.29, 0.717) is 5.69 Å². The lowest BCUT2D eigenvalue weighted by atomic mass is 10.1. The standard InChI is InChI=1S/C17H14F3NOS/c1-11-5-4-6-12(9-11)21-15(22)10-23-16(21)13-7-2-3-8-14(13)17(18,19)20/h2-9,16H,10H2,1H3. The van der Waals surface area contributed by atoms with E-state index in [-0.39, 0.29) is 17.2 Å². The van der Waals surface area contributed by atoms with Crippen LogP contribution in [0.3, 0.4) is 0 Å². The van der Waals surface area contributed by atoms with Crippen LogP contribution in [0, 0.1) is 6.92 Å². The Bertz CT molecular complexity index is 745. The van der Waals surface area contributed by atoms with Gasteiger partial charge in [0.2, 0.25) is 5.91 Å². The zero-order chi connectivity index (χ0) is 16.6. The van der Waals surface area contributed by atoms with E-state index in [1.807, 2.05) is 19.1 Å². The average molecular weight is 337 g/mol. The van der Waals surface area contributed by atoms with E-state index in [9.17, 15) is 18.0 Å². The molecule has 1 aliphatic rings. The summed E-state index contributed by atoms with van der Waals surface area (Å²) in [6.07, 6.45) is -4.44. The molecule has 1 heterocycles. The molecular formula is C17H14F3NOS. The quantitative estimate of drug-likeness (QED) is 0.785. The van der Waals surface area contributed by atoms with Crippen LogP contribution in [0.25, 0.3) is 0 Å². The number of hydrogen-bond donors (Lipinski definition) is 0. The van der Waals surface area contributed by atoms with Gasteiger partial charge in [-0.15, -0.1) is 11.8 Å². The number of thioether (sulfide) groups is 1. The third-order valence-corrected chi connectivity index (χ3v) is 4.87. The molecule has 1 fully saturated rings. The lowest BCUT2D eigenvalue weighted by Gasteiger charge is -2.26. The Hall–Kier alpha value is -1.95. The van der Waals surface area contributed by atoms with E-state index in [2.05, 4.69) is 0 Å². The van der Waals surface area contributed by atoms with Crippen molar-refractivity contribution in [1.82, 2.24) is 0 Å². The van der Waals surface area contributed by atoms with Crippen molar-refractivity contribution in [2.24, 2.45) is 0 Å². The largest absolute Gasteiger partial charge is 0.416 e. The Morgan fingerprint density at radius 2 is 1.87 bits per heavy atom. The molecule has 23 heavy (non-hydrogen) atoms. The molecule has 0 aliphatic carbocycles. The number of alkyl halides is 3. The van der Waals surface area contributed by atoms with Crippen LogP contribution >= 0.6 is 11.8 Å². The van der Waals surface area contributed by atoms with Crippen molar-refractivity contribution in [2.45, 2.75) is 18.5 Å². The van der Waals surface area contributed by atoms with Crippen LogP contribution in [0.1, 0.15) is 22.1 Å². The SMILES string of the molecule is Cc1cccc(N2C(=O)CSC2c2ccccc2C(F)(F)F)c1. The fourth-order valence-electron chi connectivity index (χ4n) is 2.68. The van der Waals surface area contributed by atoms with Crippen molar-refractivity contribution in [2.75, 3.05) is 10.7 Å². The fourth-order valence-corrected chi connectivity index (χ4v) is 3.89. The average Bonchev–Trinajstić information content (AvgIpc) is 2.88. The van der Waals surface area contributed by atoms with Crippen molar-refractivity contribution in [3.8, 4) is 0 Å². The lowest BCUT2D eigenvalue weighted by Crippen LogP contribution is -2.29. The van der Waals surface area contributed by atoms with E-state index in [4.69, 9.17) is 0 Å². The first-order valence-corrected chi connectivity index (χ1v) is 8.09. The number of halogens is 3. The summed E-state index contributed by atoms with van der Waals surface area (Å²) < 4.78 is 39.8. The summed E-state index contributed by atoms with van der Waals surface area (Å²) in [5.41, 5.74) is 1.01. The zero-order valence-electron chi connectivity index (χ0n) is 12.3. The molecule has 0 aromatic heterocycles. The Morgan fingerprint density at radius 1 is 1.13 bits per heavy atom. The molecule has 1 saturated heterocycles. The van der Waals surface area contributed by atoms with Crippen LogP contribution in [0.4, 0.5) is 18.9 Å². The molecule has 2 aromatic rings. The molecule has 2 aromatic carbocycles. The Kier molecular flexibility index (Phi) is 4.10. The number of amides is 1. The van der Waals surface area contributed by atoms with E-state index < -0.39 is 17.1 Å². The van der Waals surface area contributed by atoms with Crippen molar-refractivity contribution in [1.29, 1.82) is 0 Å². The minimum atomic E-state index is -4.44. The summed E-state index contributed by atoms with van der Waals surface area (Å²) in [6.45, 7) is 1.88. The van der Waals surface area contributed by atoms with Gasteiger partial charge in [-0.25, -0.2) is 0 Å². The molecule has 1 unspecified atom stereocenters. The molecule has 1 aliphatic heterocycles. The van der Waals surface area contributed by atoms with Crippen molar-refractivity contribution in [3.63, 3.8) is 0 Å². The van der Waals surface area contributed by atoms with Crippen LogP contribution in [-0.4, -0.2) is 11.7 Å². The second kappa shape index (κ2) is 5.92. The molecule has 0 N–H and O–H groups in total. The molecule has 0 saturated carbocycles. The highest BCUT2D eigenvalue weighted by Gasteiger charge is 2.40. The summed E-state index contributed by atoms with van der Waals surface area (Å²) in [5, 5.41) is -0.665. The molecule has 120 valence electrons. The molecule has 6 heteroatoms. The fraction of sp³-hybridized carbons (Fsp3) is 0.235. The number of aryl methyl sites for hydroxylation is 1. The van der Waals surface area contributed by atoms with Crippen LogP contribution in [-0.2, 0) is 11.0 Å². The predicted molar refractivity (Wildman–Crippen MR) is 85.3 cm³/mol. The van der Waals surface area contributed by atoms with Crippen molar-refractivity contribution < 1.29 is 18.0 Å². The highest BCUT2D eigenvalue weighted by atomic mass is 32.2. The number of carbonyl (C=O) groups is 1. The van der Waals surface area contributed by atoms with Gasteiger partial charge in [-0.1, -0.05) is 30.3 Å². The smallest absolute Gasteiger partial charge is 0.295 e. The van der Waals surface area contributed by atoms with Gasteiger partial charge in [-0.3, -0.25) is 9.69 Å². The molecule has 2 nitrogen and oxygen atoms in total. The number of carbonyl (C=O) groups excluding carboxylic acids is 1. The summed E-state index contributed by atoms with van der Waals surface area (Å²) in [7, 11) is 0. The van der Waals surface area contributed by atoms with Gasteiger partial charge >= 0.3 is 6.18 Å². The number of benzene rings is 2. The van der Waals surface area contributed by atoms with Gasteiger partial charge in [0.15, 0.2) is 0 Å². The first kappa shape index (κ1) is 15.9. The minimum Gasteiger partial charge on any atom is -0.295 e. The summed E-state index contributed by atoms with van der Waals surface area (Å²) >= 11 is 1.22. The van der Waals surface area contributed by atoms with E-state index in [1.165, 1.54) is 28.8 Å². The number of nitrogens with zero attached hydrogens (tertiary/aromatic N) is 1. The third kappa shape index (κ3) is 3.08. The number of rotatable bonds is 2. The van der Waals surface area contributed by atoms with Gasteiger partial charge in [0.1, 0.15) is 5.37 Å². The maximum absolute atomic E-state index is 13.3. The second-order valence-corrected chi connectivity index (χ2v) is 6.42. The van der Waals surface area contributed by atoms with Crippen LogP contribution in [0.5, 0.6) is 0 Å². The minimum absolute atomic E-state index is 0.123. The lowest BCUT2D eigenvalue weighted by molar-refractivity contribution is -0.138. The second-order valence-electron chi connectivity index (χ2n) is 5.35. The maximum Gasteiger partial charge on any atom is 0.416 e. The highest BCUT2D eigenvalue weighted by molar-refractivity contribution is 8.00. The molecule has 0 spiro atoms. The summed E-state index contributed by atoms with van der Waals surface area (Å²) in [4.78, 5) is 13.7. The van der Waals surface area contributed by atoms with Crippen molar-refractivity contribution in [3.05, 3.63) is 65.2 Å². The molecule has 1 atom stereocenters. The molecule has 3 rings (SSSR count). The maximum atomic E-state index is 13.3. The first-order valence-electron chi connectivity index (χ1n) is 7.04. The normalized spacial score (nSPS) is 18.5. The molecular weight excluding hydrogens is 323 g/mol. The Morgan fingerprint density at radius 3 is 2.57 bits per heavy atom. The summed E-state index contributed by atoms with van der Waals surface area (Å²) in [5.74, 6) is -0.00674. The van der Waals surface area contributed by atoms with Gasteiger partial charge in [-0.05, 0) is 36.2 Å². The van der Waals surface area contributed by atoms with Gasteiger partial charge < -0.3 is 0 Å². The Balaban J connectivity index is 2.08. The zero-order valence-corrected chi connectivity index (χ0v) is 13.1. The predicted octanol–water partition coefficient (Wildman–Crippen LogP) is 4.79. The van der Waals surface area contributed by atoms with E-state index in [0.717, 1.165) is 11.6 Å². The van der Waals surface area contributed by atoms with Crippen LogP contribution < -0.4 is 4.90 Å². The summed E-state index contributed by atoms with van der Waals surface area (Å²) in [6, 6.07) is 12.7. The van der Waals surface area contributed by atoms with Gasteiger partial charge in [0, 0.05) is 5.69 Å². The van der Waals surface area contributed by atoms with Crippen LogP contribution in [0.2, 0.25) is 0 Å². The molecule has 0 radical (unpaired) electrons. The topological polar surface area (TPSA) is 20.3 Å². The first-order chi connectivity index (χ1) is 10.9. The van der Waals surface area contributed by atoms with Gasteiger partial charge in [-0.2, -0.15) is 13.2 Å². The van der Waals surface area contributed by atoms with E-state index in [1.54, 1.807) is 18.2 Å². The van der Waals surface area contributed by atoms with Gasteiger partial charge in [0.05, 0.1) is 11.3 Å².